The van der Waals surface area contributed by atoms with E-state index in [4.69, 9.17) is 4.98 Å². The van der Waals surface area contributed by atoms with Gasteiger partial charge < -0.3 is 19.6 Å². The summed E-state index contributed by atoms with van der Waals surface area (Å²) in [4.78, 5) is 22.4. The van der Waals surface area contributed by atoms with Gasteiger partial charge in [-0.15, -0.1) is 0 Å². The molecule has 0 saturated carbocycles. The standard InChI is InChI=1S/C18H22N6O2/c1-2-22-16(24(25)26)13-19-17(22)18-20-14-7-3-4-8-15(14)23(18)12-11-21-9-5-6-10-21/h3-4,7-8,13H,2,5-6,9-12H2,1H3. The molecule has 0 amide bonds. The Bertz CT molecular complexity index is 938. The van der Waals surface area contributed by atoms with Gasteiger partial charge in [0, 0.05) is 13.1 Å². The smallest absolute Gasteiger partial charge is 0.343 e. The molecule has 2 aromatic heterocycles. The van der Waals surface area contributed by atoms with Gasteiger partial charge in [-0.05, 0) is 49.9 Å². The van der Waals surface area contributed by atoms with Crippen molar-refractivity contribution in [3.63, 3.8) is 0 Å². The first-order chi connectivity index (χ1) is 12.7. The van der Waals surface area contributed by atoms with Crippen molar-refractivity contribution in [3.05, 3.63) is 40.6 Å². The van der Waals surface area contributed by atoms with Crippen molar-refractivity contribution in [2.75, 3.05) is 19.6 Å². The Morgan fingerprint density at radius 1 is 1.12 bits per heavy atom. The number of rotatable bonds is 6. The SMILES string of the molecule is CCn1c([N+](=O)[O-])cnc1-c1nc2ccccc2n1CCN1CCCC1. The summed E-state index contributed by atoms with van der Waals surface area (Å²) in [5, 5.41) is 11.3. The van der Waals surface area contributed by atoms with E-state index in [0.717, 1.165) is 37.2 Å². The lowest BCUT2D eigenvalue weighted by atomic mass is 10.3. The maximum Gasteiger partial charge on any atom is 0.343 e. The van der Waals surface area contributed by atoms with Crippen molar-refractivity contribution in [1.82, 2.24) is 24.0 Å². The molecule has 26 heavy (non-hydrogen) atoms. The van der Waals surface area contributed by atoms with Crippen LogP contribution in [0.5, 0.6) is 0 Å². The van der Waals surface area contributed by atoms with Crippen LogP contribution in [0.4, 0.5) is 5.82 Å². The molecular weight excluding hydrogens is 332 g/mol. The largest absolute Gasteiger partial charge is 0.358 e. The van der Waals surface area contributed by atoms with E-state index >= 15 is 0 Å². The minimum Gasteiger partial charge on any atom is -0.358 e. The minimum absolute atomic E-state index is 0.000601. The number of nitro groups is 1. The molecule has 3 aromatic rings. The highest BCUT2D eigenvalue weighted by Crippen LogP contribution is 2.27. The molecule has 0 spiro atoms. The van der Waals surface area contributed by atoms with Crippen LogP contribution in [0.15, 0.2) is 30.5 Å². The van der Waals surface area contributed by atoms with Gasteiger partial charge >= 0.3 is 5.82 Å². The van der Waals surface area contributed by atoms with Crippen molar-refractivity contribution in [3.8, 4) is 11.6 Å². The maximum absolute atomic E-state index is 11.3. The molecule has 4 rings (SSSR count). The lowest BCUT2D eigenvalue weighted by Crippen LogP contribution is -2.24. The number of nitrogens with zero attached hydrogens (tertiary/aromatic N) is 6. The van der Waals surface area contributed by atoms with E-state index in [2.05, 4.69) is 14.5 Å². The summed E-state index contributed by atoms with van der Waals surface area (Å²) < 4.78 is 3.76. The number of hydrogen-bond acceptors (Lipinski definition) is 5. The Kier molecular flexibility index (Phi) is 4.42. The summed E-state index contributed by atoms with van der Waals surface area (Å²) in [5.74, 6) is 1.25. The predicted molar refractivity (Wildman–Crippen MR) is 99.0 cm³/mol. The summed E-state index contributed by atoms with van der Waals surface area (Å²) >= 11 is 0. The predicted octanol–water partition coefficient (Wildman–Crippen LogP) is 2.92. The van der Waals surface area contributed by atoms with Gasteiger partial charge in [0.05, 0.1) is 17.6 Å². The molecule has 0 aliphatic carbocycles. The molecule has 0 atom stereocenters. The normalized spacial score (nSPS) is 15.1. The van der Waals surface area contributed by atoms with Crippen LogP contribution < -0.4 is 0 Å². The lowest BCUT2D eigenvalue weighted by molar-refractivity contribution is -0.392. The van der Waals surface area contributed by atoms with E-state index in [1.807, 2.05) is 31.2 Å². The molecular formula is C18H22N6O2. The van der Waals surface area contributed by atoms with Gasteiger partial charge in [0.1, 0.15) is 6.20 Å². The van der Waals surface area contributed by atoms with Gasteiger partial charge in [-0.1, -0.05) is 12.1 Å². The first-order valence-electron chi connectivity index (χ1n) is 9.07. The average molecular weight is 354 g/mol. The van der Waals surface area contributed by atoms with Gasteiger partial charge in [0.25, 0.3) is 5.82 Å². The lowest BCUT2D eigenvalue weighted by Gasteiger charge is -2.16. The van der Waals surface area contributed by atoms with Crippen molar-refractivity contribution in [2.24, 2.45) is 0 Å². The number of likely N-dealkylation sites (tertiary alicyclic amines) is 1. The Morgan fingerprint density at radius 2 is 1.88 bits per heavy atom. The van der Waals surface area contributed by atoms with Crippen LogP contribution in [0.2, 0.25) is 0 Å². The molecule has 1 aliphatic rings. The van der Waals surface area contributed by atoms with Crippen molar-refractivity contribution in [2.45, 2.75) is 32.9 Å². The number of para-hydroxylation sites is 2. The van der Waals surface area contributed by atoms with Crippen molar-refractivity contribution < 1.29 is 4.92 Å². The molecule has 1 saturated heterocycles. The van der Waals surface area contributed by atoms with E-state index < -0.39 is 4.92 Å². The maximum atomic E-state index is 11.3. The first kappa shape index (κ1) is 16.7. The second-order valence-corrected chi connectivity index (χ2v) is 6.57. The van der Waals surface area contributed by atoms with Gasteiger partial charge in [0.2, 0.25) is 5.82 Å². The highest BCUT2D eigenvalue weighted by atomic mass is 16.6. The summed E-state index contributed by atoms with van der Waals surface area (Å²) in [5.41, 5.74) is 1.92. The second-order valence-electron chi connectivity index (χ2n) is 6.57. The van der Waals surface area contributed by atoms with E-state index in [0.29, 0.717) is 18.2 Å². The molecule has 1 fully saturated rings. The van der Waals surface area contributed by atoms with Gasteiger partial charge in [-0.25, -0.2) is 14.5 Å². The molecule has 136 valence electrons. The van der Waals surface area contributed by atoms with Crippen LogP contribution in [-0.4, -0.2) is 48.6 Å². The number of imidazole rings is 2. The highest BCUT2D eigenvalue weighted by Gasteiger charge is 2.25. The van der Waals surface area contributed by atoms with Crippen LogP contribution >= 0.6 is 0 Å². The summed E-state index contributed by atoms with van der Waals surface area (Å²) in [7, 11) is 0. The molecule has 0 radical (unpaired) electrons. The van der Waals surface area contributed by atoms with Crippen LogP contribution in [0.25, 0.3) is 22.7 Å². The zero-order valence-electron chi connectivity index (χ0n) is 14.8. The fourth-order valence-electron chi connectivity index (χ4n) is 3.72. The van der Waals surface area contributed by atoms with Crippen LogP contribution in [0, 0.1) is 10.1 Å². The van der Waals surface area contributed by atoms with Crippen LogP contribution in [0.3, 0.4) is 0 Å². The third kappa shape index (κ3) is 2.86. The van der Waals surface area contributed by atoms with E-state index in [9.17, 15) is 10.1 Å². The zero-order chi connectivity index (χ0) is 18.1. The highest BCUT2D eigenvalue weighted by molar-refractivity contribution is 5.79. The summed E-state index contributed by atoms with van der Waals surface area (Å²) in [6.45, 7) is 6.37. The fourth-order valence-corrected chi connectivity index (χ4v) is 3.72. The van der Waals surface area contributed by atoms with Crippen LogP contribution in [-0.2, 0) is 13.1 Å². The Morgan fingerprint density at radius 3 is 2.62 bits per heavy atom. The van der Waals surface area contributed by atoms with Gasteiger partial charge in [-0.2, -0.15) is 0 Å². The van der Waals surface area contributed by atoms with E-state index in [-0.39, 0.29) is 5.82 Å². The van der Waals surface area contributed by atoms with Crippen molar-refractivity contribution >= 4 is 16.9 Å². The molecule has 8 nitrogen and oxygen atoms in total. The minimum atomic E-state index is -0.392. The number of hydrogen-bond donors (Lipinski definition) is 0. The molecule has 0 unspecified atom stereocenters. The fraction of sp³-hybridized carbons (Fsp3) is 0.444. The number of benzene rings is 1. The third-order valence-electron chi connectivity index (χ3n) is 5.03. The Hall–Kier alpha value is -2.74. The molecule has 1 aromatic carbocycles. The van der Waals surface area contributed by atoms with Gasteiger partial charge in [0.15, 0.2) is 0 Å². The quantitative estimate of drug-likeness (QED) is 0.502. The molecule has 0 N–H and O–H groups in total. The third-order valence-corrected chi connectivity index (χ3v) is 5.03. The molecule has 0 bridgehead atoms. The topological polar surface area (TPSA) is 82.0 Å². The molecule has 8 heteroatoms. The number of aromatic nitrogens is 4. The Labute approximate surface area is 151 Å². The van der Waals surface area contributed by atoms with E-state index in [1.165, 1.54) is 19.0 Å². The molecule has 1 aliphatic heterocycles. The Balaban J connectivity index is 1.79. The van der Waals surface area contributed by atoms with Crippen molar-refractivity contribution in [1.29, 1.82) is 0 Å². The second kappa shape index (κ2) is 6.87. The first-order valence-corrected chi connectivity index (χ1v) is 9.07. The summed E-state index contributed by atoms with van der Waals surface area (Å²) in [6, 6.07) is 7.97. The van der Waals surface area contributed by atoms with E-state index in [1.54, 1.807) is 4.57 Å². The number of fused-ring (bicyclic) bond motifs is 1. The van der Waals surface area contributed by atoms with Gasteiger partial charge in [-0.3, -0.25) is 0 Å². The monoisotopic (exact) mass is 354 g/mol. The molecule has 3 heterocycles. The summed E-state index contributed by atoms with van der Waals surface area (Å²) in [6.07, 6.45) is 3.83. The average Bonchev–Trinajstić information content (AvgIpc) is 3.36. The zero-order valence-corrected chi connectivity index (χ0v) is 14.8. The van der Waals surface area contributed by atoms with Crippen LogP contribution in [0.1, 0.15) is 19.8 Å².